The molecule has 1 fully saturated rings. The van der Waals surface area contributed by atoms with Crippen molar-refractivity contribution >= 4 is 11.7 Å². The zero-order valence-electron chi connectivity index (χ0n) is 9.76. The van der Waals surface area contributed by atoms with E-state index in [4.69, 9.17) is 0 Å². The van der Waals surface area contributed by atoms with Crippen LogP contribution >= 0.6 is 0 Å². The molecule has 2 heterocycles. The quantitative estimate of drug-likeness (QED) is 0.787. The first-order chi connectivity index (χ1) is 8.25. The number of carbonyl (C=O) groups is 2. The first-order valence-corrected chi connectivity index (χ1v) is 5.95. The fourth-order valence-electron chi connectivity index (χ4n) is 1.94. The molecule has 0 N–H and O–H groups in total. The lowest BCUT2D eigenvalue weighted by atomic mass is 10.1. The number of aromatic nitrogens is 1. The van der Waals surface area contributed by atoms with Crippen LogP contribution in [0.25, 0.3) is 0 Å². The van der Waals surface area contributed by atoms with Gasteiger partial charge in [0.25, 0.3) is 0 Å². The lowest BCUT2D eigenvalue weighted by molar-refractivity contribution is -0.134. The molecule has 90 valence electrons. The molecule has 0 spiro atoms. The Balaban J connectivity index is 1.80. The molecular formula is C13H16N2O2. The largest absolute Gasteiger partial charge is 0.342 e. The molecule has 17 heavy (non-hydrogen) atoms. The van der Waals surface area contributed by atoms with Gasteiger partial charge in [-0.15, -0.1) is 0 Å². The molecule has 0 radical (unpaired) electrons. The maximum Gasteiger partial charge on any atom is 0.222 e. The highest BCUT2D eigenvalue weighted by Crippen LogP contribution is 2.08. The minimum absolute atomic E-state index is 0.128. The summed E-state index contributed by atoms with van der Waals surface area (Å²) in [5.74, 6) is 0.391. The van der Waals surface area contributed by atoms with Gasteiger partial charge in [-0.05, 0) is 18.6 Å². The minimum Gasteiger partial charge on any atom is -0.342 e. The minimum atomic E-state index is 0.128. The van der Waals surface area contributed by atoms with Crippen LogP contribution in [0.1, 0.15) is 25.0 Å². The maximum atomic E-state index is 11.9. The number of likely N-dealkylation sites (tertiary alicyclic amines) is 1. The number of amides is 1. The Morgan fingerprint density at radius 1 is 1.29 bits per heavy atom. The molecule has 1 aliphatic rings. The molecule has 0 atom stereocenters. The van der Waals surface area contributed by atoms with E-state index in [-0.39, 0.29) is 11.7 Å². The summed E-state index contributed by atoms with van der Waals surface area (Å²) < 4.78 is 0. The van der Waals surface area contributed by atoms with E-state index >= 15 is 0 Å². The van der Waals surface area contributed by atoms with E-state index < -0.39 is 0 Å². The number of aryl methyl sites for hydroxylation is 1. The summed E-state index contributed by atoms with van der Waals surface area (Å²) in [6.45, 7) is 1.17. The molecule has 1 amide bonds. The van der Waals surface area contributed by atoms with Gasteiger partial charge < -0.3 is 4.90 Å². The van der Waals surface area contributed by atoms with Crippen LogP contribution < -0.4 is 0 Å². The molecule has 2 rings (SSSR count). The molecule has 0 unspecified atom stereocenters. The fourth-order valence-corrected chi connectivity index (χ4v) is 1.94. The van der Waals surface area contributed by atoms with Crippen LogP contribution in [0.4, 0.5) is 0 Å². The second-order valence-electron chi connectivity index (χ2n) is 4.24. The number of nitrogens with zero attached hydrogens (tertiary/aromatic N) is 2. The van der Waals surface area contributed by atoms with E-state index in [2.05, 4.69) is 4.98 Å². The molecule has 0 aromatic carbocycles. The Hall–Kier alpha value is -1.71. The summed E-state index contributed by atoms with van der Waals surface area (Å²) in [7, 11) is 0. The molecular weight excluding hydrogens is 216 g/mol. The molecule has 1 aliphatic heterocycles. The smallest absolute Gasteiger partial charge is 0.222 e. The highest BCUT2D eigenvalue weighted by molar-refractivity contribution is 5.83. The average molecular weight is 232 g/mol. The third-order valence-electron chi connectivity index (χ3n) is 2.99. The molecule has 4 heteroatoms. The molecule has 4 nitrogen and oxygen atoms in total. The monoisotopic (exact) mass is 232 g/mol. The van der Waals surface area contributed by atoms with Crippen molar-refractivity contribution < 1.29 is 9.59 Å². The maximum absolute atomic E-state index is 11.9. The van der Waals surface area contributed by atoms with E-state index in [0.29, 0.717) is 38.8 Å². The van der Waals surface area contributed by atoms with Crippen LogP contribution in [0.15, 0.2) is 24.4 Å². The molecule has 0 aliphatic carbocycles. The lowest BCUT2D eigenvalue weighted by Gasteiger charge is -2.26. The number of hydrogen-bond acceptors (Lipinski definition) is 3. The average Bonchev–Trinajstić information content (AvgIpc) is 2.38. The summed E-state index contributed by atoms with van der Waals surface area (Å²) >= 11 is 0. The van der Waals surface area contributed by atoms with Gasteiger partial charge in [-0.2, -0.15) is 0 Å². The number of hydrogen-bond donors (Lipinski definition) is 0. The van der Waals surface area contributed by atoms with Crippen LogP contribution in [0, 0.1) is 0 Å². The Morgan fingerprint density at radius 2 is 2.06 bits per heavy atom. The highest BCUT2D eigenvalue weighted by atomic mass is 16.2. The third kappa shape index (κ3) is 3.37. The Kier molecular flexibility index (Phi) is 3.85. The lowest BCUT2D eigenvalue weighted by Crippen LogP contribution is -2.38. The number of carbonyl (C=O) groups excluding carboxylic acids is 2. The van der Waals surface area contributed by atoms with Gasteiger partial charge in [-0.3, -0.25) is 14.6 Å². The first-order valence-electron chi connectivity index (χ1n) is 5.95. The fraction of sp³-hybridized carbons (Fsp3) is 0.462. The van der Waals surface area contributed by atoms with Gasteiger partial charge in [0.15, 0.2) is 0 Å². The van der Waals surface area contributed by atoms with Crippen LogP contribution in [0.2, 0.25) is 0 Å². The van der Waals surface area contributed by atoms with E-state index in [1.807, 2.05) is 18.2 Å². The van der Waals surface area contributed by atoms with Crippen molar-refractivity contribution in [3.8, 4) is 0 Å². The van der Waals surface area contributed by atoms with Gasteiger partial charge in [-0.25, -0.2) is 0 Å². The molecule has 1 aromatic rings. The highest BCUT2D eigenvalue weighted by Gasteiger charge is 2.20. The zero-order valence-corrected chi connectivity index (χ0v) is 9.76. The molecule has 1 aromatic heterocycles. The molecule has 1 saturated heterocycles. The van der Waals surface area contributed by atoms with Crippen LogP contribution in [-0.2, 0) is 16.0 Å². The Labute approximate surface area is 101 Å². The number of Topliss-reactive ketones (excluding diaryl/α,β-unsaturated/α-hetero) is 1. The third-order valence-corrected chi connectivity index (χ3v) is 2.99. The van der Waals surface area contributed by atoms with Gasteiger partial charge in [-0.1, -0.05) is 6.07 Å². The van der Waals surface area contributed by atoms with Crippen molar-refractivity contribution in [1.29, 1.82) is 0 Å². The second-order valence-corrected chi connectivity index (χ2v) is 4.24. The van der Waals surface area contributed by atoms with Crippen LogP contribution in [-0.4, -0.2) is 34.7 Å². The summed E-state index contributed by atoms with van der Waals surface area (Å²) in [5, 5.41) is 0. The number of ketones is 1. The van der Waals surface area contributed by atoms with Crippen LogP contribution in [0.5, 0.6) is 0 Å². The number of pyridine rings is 1. The normalized spacial score (nSPS) is 16.0. The number of rotatable bonds is 3. The summed E-state index contributed by atoms with van der Waals surface area (Å²) in [5.41, 5.74) is 0.939. The zero-order chi connectivity index (χ0) is 12.1. The van der Waals surface area contributed by atoms with E-state index in [0.717, 1.165) is 5.69 Å². The van der Waals surface area contributed by atoms with E-state index in [1.54, 1.807) is 11.1 Å². The molecule has 0 saturated carbocycles. The van der Waals surface area contributed by atoms with Gasteiger partial charge in [0.1, 0.15) is 5.78 Å². The van der Waals surface area contributed by atoms with Gasteiger partial charge in [0.05, 0.1) is 0 Å². The van der Waals surface area contributed by atoms with E-state index in [9.17, 15) is 9.59 Å². The number of piperidine rings is 1. The predicted molar refractivity (Wildman–Crippen MR) is 63.4 cm³/mol. The summed E-state index contributed by atoms with van der Waals surface area (Å²) in [4.78, 5) is 28.9. The summed E-state index contributed by atoms with van der Waals surface area (Å²) in [6.07, 6.45) is 3.90. The van der Waals surface area contributed by atoms with Crippen molar-refractivity contribution in [3.63, 3.8) is 0 Å². The van der Waals surface area contributed by atoms with Gasteiger partial charge >= 0.3 is 0 Å². The summed E-state index contributed by atoms with van der Waals surface area (Å²) in [6, 6.07) is 5.71. The van der Waals surface area contributed by atoms with Crippen LogP contribution in [0.3, 0.4) is 0 Å². The van der Waals surface area contributed by atoms with E-state index in [1.165, 1.54) is 0 Å². The topological polar surface area (TPSA) is 50.3 Å². The van der Waals surface area contributed by atoms with Crippen molar-refractivity contribution in [3.05, 3.63) is 30.1 Å². The standard InChI is InChI=1S/C13H16N2O2/c16-12-6-9-15(10-7-12)13(17)5-4-11-3-1-2-8-14-11/h1-3,8H,4-7,9-10H2. The van der Waals surface area contributed by atoms with Gasteiger partial charge in [0.2, 0.25) is 5.91 Å². The second kappa shape index (κ2) is 5.57. The predicted octanol–water partition coefficient (Wildman–Crippen LogP) is 1.21. The Morgan fingerprint density at radius 3 is 2.71 bits per heavy atom. The van der Waals surface area contributed by atoms with Gasteiger partial charge in [0, 0.05) is 44.2 Å². The van der Waals surface area contributed by atoms with Crippen molar-refractivity contribution in [2.75, 3.05) is 13.1 Å². The molecule has 0 bridgehead atoms. The Bertz CT molecular complexity index is 393. The van der Waals surface area contributed by atoms with Crippen molar-refractivity contribution in [2.45, 2.75) is 25.7 Å². The van der Waals surface area contributed by atoms with Crippen molar-refractivity contribution in [2.24, 2.45) is 0 Å². The SMILES string of the molecule is O=C1CCN(C(=O)CCc2ccccn2)CC1. The van der Waals surface area contributed by atoms with Crippen molar-refractivity contribution in [1.82, 2.24) is 9.88 Å². The first kappa shape index (κ1) is 11.8.